The van der Waals surface area contributed by atoms with Crippen molar-refractivity contribution in [2.24, 2.45) is 5.92 Å². The van der Waals surface area contributed by atoms with Crippen LogP contribution in [0.4, 0.5) is 11.4 Å². The first kappa shape index (κ1) is 12.5. The average molecular weight is 248 g/mol. The van der Waals surface area contributed by atoms with Gasteiger partial charge in [-0.1, -0.05) is 26.0 Å². The van der Waals surface area contributed by atoms with Crippen LogP contribution in [0.25, 0.3) is 0 Å². The van der Waals surface area contributed by atoms with Gasteiger partial charge < -0.3 is 4.90 Å². The van der Waals surface area contributed by atoms with Crippen molar-refractivity contribution in [1.82, 2.24) is 0 Å². The lowest BCUT2D eigenvalue weighted by Gasteiger charge is -2.18. The number of benzene rings is 1. The number of hydrogen-bond donors (Lipinski definition) is 0. The predicted octanol–water partition coefficient (Wildman–Crippen LogP) is 2.53. The minimum absolute atomic E-state index is 0.0296. The quantitative estimate of drug-likeness (QED) is 0.610. The van der Waals surface area contributed by atoms with Crippen LogP contribution in [0.2, 0.25) is 0 Å². The molecule has 0 bridgehead atoms. The zero-order valence-electron chi connectivity index (χ0n) is 10.5. The largest absolute Gasteiger partial charge is 0.306 e. The fourth-order valence-electron chi connectivity index (χ4n) is 2.29. The number of nitro groups is 1. The van der Waals surface area contributed by atoms with Crippen LogP contribution in [0.5, 0.6) is 0 Å². The minimum Gasteiger partial charge on any atom is -0.306 e. The molecule has 18 heavy (non-hydrogen) atoms. The van der Waals surface area contributed by atoms with E-state index < -0.39 is 4.92 Å². The standard InChI is InChI=1S/C13H16N2O3/c1-9(2)8-12(16)14-7-6-10-4-3-5-11(13(10)14)15(17)18/h3-5,9H,6-8H2,1-2H3. The van der Waals surface area contributed by atoms with Crippen molar-refractivity contribution >= 4 is 17.3 Å². The molecule has 0 atom stereocenters. The van der Waals surface area contributed by atoms with Gasteiger partial charge in [-0.2, -0.15) is 0 Å². The molecule has 0 fully saturated rings. The van der Waals surface area contributed by atoms with E-state index >= 15 is 0 Å². The van der Waals surface area contributed by atoms with Gasteiger partial charge in [0.2, 0.25) is 5.91 Å². The van der Waals surface area contributed by atoms with E-state index in [1.165, 1.54) is 6.07 Å². The van der Waals surface area contributed by atoms with E-state index in [0.717, 1.165) is 5.56 Å². The number of para-hydroxylation sites is 1. The van der Waals surface area contributed by atoms with Crippen LogP contribution in [0.1, 0.15) is 25.8 Å². The molecule has 0 N–H and O–H groups in total. The van der Waals surface area contributed by atoms with Crippen molar-refractivity contribution in [2.45, 2.75) is 26.7 Å². The lowest BCUT2D eigenvalue weighted by molar-refractivity contribution is -0.384. The summed E-state index contributed by atoms with van der Waals surface area (Å²) in [5.74, 6) is 0.224. The molecule has 1 aromatic carbocycles. The lowest BCUT2D eigenvalue weighted by atomic mass is 10.1. The van der Waals surface area contributed by atoms with E-state index in [1.54, 1.807) is 11.0 Å². The van der Waals surface area contributed by atoms with Crippen molar-refractivity contribution < 1.29 is 9.72 Å². The number of rotatable bonds is 3. The van der Waals surface area contributed by atoms with Crippen LogP contribution in [-0.4, -0.2) is 17.4 Å². The molecule has 0 saturated heterocycles. The summed E-state index contributed by atoms with van der Waals surface area (Å²) in [5, 5.41) is 11.0. The summed E-state index contributed by atoms with van der Waals surface area (Å²) in [5.41, 5.74) is 1.41. The van der Waals surface area contributed by atoms with Crippen molar-refractivity contribution in [3.8, 4) is 0 Å². The molecule has 0 aliphatic carbocycles. The monoisotopic (exact) mass is 248 g/mol. The fourth-order valence-corrected chi connectivity index (χ4v) is 2.29. The molecular weight excluding hydrogens is 232 g/mol. The number of nitro benzene ring substituents is 1. The zero-order valence-corrected chi connectivity index (χ0v) is 10.5. The Morgan fingerprint density at radius 2 is 2.22 bits per heavy atom. The highest BCUT2D eigenvalue weighted by molar-refractivity contribution is 5.98. The molecule has 5 heteroatoms. The van der Waals surface area contributed by atoms with Crippen molar-refractivity contribution in [1.29, 1.82) is 0 Å². The number of anilines is 1. The van der Waals surface area contributed by atoms with Gasteiger partial charge in [-0.05, 0) is 17.9 Å². The first-order valence-corrected chi connectivity index (χ1v) is 6.07. The Hall–Kier alpha value is -1.91. The van der Waals surface area contributed by atoms with Gasteiger partial charge in [0.05, 0.1) is 4.92 Å². The molecule has 1 amide bonds. The van der Waals surface area contributed by atoms with Crippen LogP contribution >= 0.6 is 0 Å². The third kappa shape index (κ3) is 2.20. The highest BCUT2D eigenvalue weighted by Gasteiger charge is 2.31. The van der Waals surface area contributed by atoms with Crippen LogP contribution in [-0.2, 0) is 11.2 Å². The summed E-state index contributed by atoms with van der Waals surface area (Å²) >= 11 is 0. The predicted molar refractivity (Wildman–Crippen MR) is 68.6 cm³/mol. The van der Waals surface area contributed by atoms with Crippen molar-refractivity contribution in [3.05, 3.63) is 33.9 Å². The first-order chi connectivity index (χ1) is 8.50. The Morgan fingerprint density at radius 3 is 2.83 bits per heavy atom. The van der Waals surface area contributed by atoms with E-state index in [1.807, 2.05) is 19.9 Å². The van der Waals surface area contributed by atoms with E-state index in [4.69, 9.17) is 0 Å². The zero-order chi connectivity index (χ0) is 13.3. The maximum absolute atomic E-state index is 12.1. The molecule has 0 radical (unpaired) electrons. The van der Waals surface area contributed by atoms with Crippen molar-refractivity contribution in [2.75, 3.05) is 11.4 Å². The maximum atomic E-state index is 12.1. The molecule has 0 unspecified atom stereocenters. The van der Waals surface area contributed by atoms with Crippen LogP contribution < -0.4 is 4.90 Å². The number of hydrogen-bond acceptors (Lipinski definition) is 3. The summed E-state index contributed by atoms with van der Waals surface area (Å²) < 4.78 is 0. The molecule has 1 aromatic rings. The molecule has 1 heterocycles. The minimum atomic E-state index is -0.417. The van der Waals surface area contributed by atoms with Crippen LogP contribution in [0.15, 0.2) is 18.2 Å². The summed E-state index contributed by atoms with van der Waals surface area (Å²) in [6.07, 6.45) is 1.12. The van der Waals surface area contributed by atoms with Crippen LogP contribution in [0.3, 0.4) is 0 Å². The number of carbonyl (C=O) groups excluding carboxylic acids is 1. The molecule has 96 valence electrons. The molecule has 0 aromatic heterocycles. The second kappa shape index (κ2) is 4.76. The smallest absolute Gasteiger partial charge is 0.293 e. The Morgan fingerprint density at radius 1 is 1.50 bits per heavy atom. The third-order valence-corrected chi connectivity index (χ3v) is 3.05. The normalized spacial score (nSPS) is 13.8. The van der Waals surface area contributed by atoms with E-state index in [-0.39, 0.29) is 17.5 Å². The SMILES string of the molecule is CC(C)CC(=O)N1CCc2cccc([N+](=O)[O-])c21. The highest BCUT2D eigenvalue weighted by Crippen LogP contribution is 2.37. The van der Waals surface area contributed by atoms with Gasteiger partial charge in [-0.25, -0.2) is 0 Å². The number of amides is 1. The van der Waals surface area contributed by atoms with Gasteiger partial charge in [-0.3, -0.25) is 14.9 Å². The third-order valence-electron chi connectivity index (χ3n) is 3.05. The second-order valence-corrected chi connectivity index (χ2v) is 4.94. The molecule has 0 saturated carbocycles. The van der Waals surface area contributed by atoms with Gasteiger partial charge in [0, 0.05) is 19.0 Å². The first-order valence-electron chi connectivity index (χ1n) is 6.07. The Labute approximate surface area is 106 Å². The summed E-state index contributed by atoms with van der Waals surface area (Å²) in [7, 11) is 0. The van der Waals surface area contributed by atoms with Gasteiger partial charge in [0.1, 0.15) is 5.69 Å². The Kier molecular flexibility index (Phi) is 3.32. The molecule has 1 aliphatic heterocycles. The summed E-state index contributed by atoms with van der Waals surface area (Å²) in [6.45, 7) is 4.48. The molecule has 1 aliphatic rings. The van der Waals surface area contributed by atoms with Crippen molar-refractivity contribution in [3.63, 3.8) is 0 Å². The average Bonchev–Trinajstić information content (AvgIpc) is 2.70. The Balaban J connectivity index is 2.37. The number of carbonyl (C=O) groups is 1. The van der Waals surface area contributed by atoms with E-state index in [2.05, 4.69) is 0 Å². The van der Waals surface area contributed by atoms with Gasteiger partial charge in [0.15, 0.2) is 0 Å². The summed E-state index contributed by atoms with van der Waals surface area (Å²) in [6, 6.07) is 4.98. The summed E-state index contributed by atoms with van der Waals surface area (Å²) in [4.78, 5) is 24.3. The topological polar surface area (TPSA) is 63.5 Å². The number of fused-ring (bicyclic) bond motifs is 1. The second-order valence-electron chi connectivity index (χ2n) is 4.94. The van der Waals surface area contributed by atoms with Gasteiger partial charge in [0.25, 0.3) is 5.69 Å². The molecule has 5 nitrogen and oxygen atoms in total. The molecule has 2 rings (SSSR count). The van der Waals surface area contributed by atoms with Gasteiger partial charge in [-0.15, -0.1) is 0 Å². The molecular formula is C13H16N2O3. The van der Waals surface area contributed by atoms with Crippen LogP contribution in [0, 0.1) is 16.0 Å². The fraction of sp³-hybridized carbons (Fsp3) is 0.462. The molecule has 0 spiro atoms. The van der Waals surface area contributed by atoms with Gasteiger partial charge >= 0.3 is 0 Å². The number of nitrogens with zero attached hydrogens (tertiary/aromatic N) is 2. The van der Waals surface area contributed by atoms with E-state index in [0.29, 0.717) is 25.1 Å². The maximum Gasteiger partial charge on any atom is 0.293 e. The Bertz CT molecular complexity index is 497. The highest BCUT2D eigenvalue weighted by atomic mass is 16.6. The van der Waals surface area contributed by atoms with E-state index in [9.17, 15) is 14.9 Å². The lowest BCUT2D eigenvalue weighted by Crippen LogP contribution is -2.30.